The first-order valence-corrected chi connectivity index (χ1v) is 10.00. The Morgan fingerprint density at radius 1 is 1.06 bits per heavy atom. The maximum atomic E-state index is 13.2. The Morgan fingerprint density at radius 3 is 2.56 bits per heavy atom. The van der Waals surface area contributed by atoms with Gasteiger partial charge in [0.05, 0.1) is 12.8 Å². The van der Waals surface area contributed by atoms with Crippen LogP contribution in [0.5, 0.6) is 11.5 Å². The van der Waals surface area contributed by atoms with Gasteiger partial charge in [0.2, 0.25) is 5.91 Å². The van der Waals surface area contributed by atoms with Gasteiger partial charge in [0.25, 0.3) is 5.91 Å². The number of hydrogen-bond donors (Lipinski definition) is 1. The minimum absolute atomic E-state index is 0.0489. The molecule has 0 spiro atoms. The minimum Gasteiger partial charge on any atom is -0.496 e. The van der Waals surface area contributed by atoms with Crippen molar-refractivity contribution in [3.8, 4) is 11.5 Å². The van der Waals surface area contributed by atoms with Crippen LogP contribution in [0, 0.1) is 5.82 Å². The molecule has 3 aromatic carbocycles. The van der Waals surface area contributed by atoms with Crippen molar-refractivity contribution < 1.29 is 23.5 Å². The van der Waals surface area contributed by atoms with E-state index in [1.54, 1.807) is 43.5 Å². The average Bonchev–Trinajstić information content (AvgIpc) is 2.82. The molecule has 3 aromatic rings. The number of carbonyl (C=O) groups excluding carboxylic acids is 2. The lowest BCUT2D eigenvalue weighted by molar-refractivity contribution is -0.123. The molecule has 0 bridgehead atoms. The van der Waals surface area contributed by atoms with Gasteiger partial charge in [-0.3, -0.25) is 14.5 Å². The second kappa shape index (κ2) is 9.34. The molecule has 0 atom stereocenters. The number of nitrogens with zero attached hydrogens (tertiary/aromatic N) is 1. The molecule has 0 unspecified atom stereocenters. The first-order valence-electron chi connectivity index (χ1n) is 10.00. The predicted molar refractivity (Wildman–Crippen MR) is 119 cm³/mol. The van der Waals surface area contributed by atoms with Gasteiger partial charge in [-0.15, -0.1) is 0 Å². The second-order valence-corrected chi connectivity index (χ2v) is 7.11. The van der Waals surface area contributed by atoms with Crippen LogP contribution in [0.3, 0.4) is 0 Å². The third kappa shape index (κ3) is 4.62. The van der Waals surface area contributed by atoms with Crippen molar-refractivity contribution in [2.45, 2.75) is 6.54 Å². The van der Waals surface area contributed by atoms with Crippen molar-refractivity contribution in [2.75, 3.05) is 18.6 Å². The van der Waals surface area contributed by atoms with E-state index < -0.39 is 5.91 Å². The molecular formula is C25H21FN2O4. The van der Waals surface area contributed by atoms with Gasteiger partial charge in [0.1, 0.15) is 18.1 Å². The van der Waals surface area contributed by atoms with Crippen molar-refractivity contribution in [1.82, 2.24) is 5.32 Å². The van der Waals surface area contributed by atoms with Crippen LogP contribution in [-0.4, -0.2) is 25.5 Å². The Kier molecular flexibility index (Phi) is 6.17. The molecule has 0 fully saturated rings. The number of benzene rings is 3. The van der Waals surface area contributed by atoms with Crippen LogP contribution < -0.4 is 19.7 Å². The predicted octanol–water partition coefficient (Wildman–Crippen LogP) is 3.92. The van der Waals surface area contributed by atoms with Gasteiger partial charge >= 0.3 is 0 Å². The summed E-state index contributed by atoms with van der Waals surface area (Å²) in [5, 5.41) is 2.83. The number of ether oxygens (including phenoxy) is 2. The third-order valence-electron chi connectivity index (χ3n) is 4.97. The number of carbonyl (C=O) groups is 2. The number of rotatable bonds is 6. The fourth-order valence-electron chi connectivity index (χ4n) is 3.37. The smallest absolute Gasteiger partial charge is 0.294 e. The van der Waals surface area contributed by atoms with Crippen LogP contribution in [0.15, 0.2) is 78.6 Å². The van der Waals surface area contributed by atoms with Gasteiger partial charge in [-0.2, -0.15) is 0 Å². The average molecular weight is 432 g/mol. The summed E-state index contributed by atoms with van der Waals surface area (Å²) in [5.41, 5.74) is 1.94. The van der Waals surface area contributed by atoms with E-state index in [0.717, 1.165) is 5.56 Å². The van der Waals surface area contributed by atoms with Crippen molar-refractivity contribution in [3.63, 3.8) is 0 Å². The molecule has 1 aliphatic heterocycles. The number of fused-ring (bicyclic) bond motifs is 1. The van der Waals surface area contributed by atoms with Gasteiger partial charge < -0.3 is 14.8 Å². The molecule has 0 aliphatic carbocycles. The number of amides is 2. The molecule has 7 heteroatoms. The number of hydrogen-bond acceptors (Lipinski definition) is 4. The Morgan fingerprint density at radius 2 is 1.78 bits per heavy atom. The van der Waals surface area contributed by atoms with Crippen molar-refractivity contribution in [2.24, 2.45) is 0 Å². The van der Waals surface area contributed by atoms with E-state index in [9.17, 15) is 14.0 Å². The summed E-state index contributed by atoms with van der Waals surface area (Å²) >= 11 is 0. The van der Waals surface area contributed by atoms with E-state index in [2.05, 4.69) is 5.32 Å². The highest BCUT2D eigenvalue weighted by Crippen LogP contribution is 2.35. The van der Waals surface area contributed by atoms with Gasteiger partial charge in [0, 0.05) is 12.1 Å². The number of para-hydroxylation sites is 3. The summed E-state index contributed by atoms with van der Waals surface area (Å²) in [4.78, 5) is 27.2. The molecule has 0 saturated heterocycles. The van der Waals surface area contributed by atoms with E-state index in [4.69, 9.17) is 9.47 Å². The summed E-state index contributed by atoms with van der Waals surface area (Å²) in [7, 11) is 1.57. The van der Waals surface area contributed by atoms with Crippen LogP contribution in [0.2, 0.25) is 0 Å². The molecule has 1 heterocycles. The molecule has 6 nitrogen and oxygen atoms in total. The van der Waals surface area contributed by atoms with Crippen LogP contribution in [0.4, 0.5) is 10.1 Å². The Hall–Kier alpha value is -4.13. The lowest BCUT2D eigenvalue weighted by Gasteiger charge is -2.30. The van der Waals surface area contributed by atoms with E-state index in [0.29, 0.717) is 22.7 Å². The van der Waals surface area contributed by atoms with Crippen molar-refractivity contribution in [1.29, 1.82) is 0 Å². The number of anilines is 1. The second-order valence-electron chi connectivity index (χ2n) is 7.11. The summed E-state index contributed by atoms with van der Waals surface area (Å²) in [5.74, 6) is 0.0141. The Balaban J connectivity index is 1.54. The molecule has 2 amide bonds. The number of methoxy groups -OCH3 is 1. The maximum Gasteiger partial charge on any atom is 0.294 e. The number of nitrogens with one attached hydrogen (secondary N) is 1. The van der Waals surface area contributed by atoms with Crippen LogP contribution >= 0.6 is 0 Å². The summed E-state index contributed by atoms with van der Waals surface area (Å²) in [6.07, 6.45) is 1.53. The summed E-state index contributed by atoms with van der Waals surface area (Å²) in [6.45, 7) is 0.0798. The standard InChI is InChI=1S/C25H21FN2O4/c1-31-21-8-4-2-6-18(21)15-27-24(29)16-28-20-7-3-5-9-22(20)32-23(25(28)30)14-17-10-12-19(26)13-11-17/h2-14H,15-16H2,1H3,(H,27,29). The fourth-order valence-corrected chi connectivity index (χ4v) is 3.37. The van der Waals surface area contributed by atoms with E-state index in [1.165, 1.54) is 23.1 Å². The Bertz CT molecular complexity index is 1170. The minimum atomic E-state index is -0.458. The molecule has 0 radical (unpaired) electrons. The first kappa shape index (κ1) is 21.1. The van der Waals surface area contributed by atoms with E-state index in [1.807, 2.05) is 24.3 Å². The Labute approximate surface area is 184 Å². The zero-order chi connectivity index (χ0) is 22.5. The quantitative estimate of drug-likeness (QED) is 0.600. The molecule has 1 aliphatic rings. The maximum absolute atomic E-state index is 13.2. The van der Waals surface area contributed by atoms with Crippen LogP contribution in [0.1, 0.15) is 11.1 Å². The van der Waals surface area contributed by atoms with E-state index in [-0.39, 0.29) is 30.6 Å². The fraction of sp³-hybridized carbons (Fsp3) is 0.120. The summed E-state index contributed by atoms with van der Waals surface area (Å²) in [6, 6.07) is 20.1. The summed E-state index contributed by atoms with van der Waals surface area (Å²) < 4.78 is 24.3. The molecule has 4 rings (SSSR count). The number of halogens is 1. The van der Waals surface area contributed by atoms with Gasteiger partial charge in [-0.05, 0) is 42.0 Å². The zero-order valence-electron chi connectivity index (χ0n) is 17.4. The lowest BCUT2D eigenvalue weighted by atomic mass is 10.1. The third-order valence-corrected chi connectivity index (χ3v) is 4.97. The van der Waals surface area contributed by atoms with Gasteiger partial charge in [-0.1, -0.05) is 42.5 Å². The lowest BCUT2D eigenvalue weighted by Crippen LogP contribution is -2.44. The van der Waals surface area contributed by atoms with Gasteiger partial charge in [0.15, 0.2) is 11.5 Å². The van der Waals surface area contributed by atoms with Crippen LogP contribution in [0.25, 0.3) is 6.08 Å². The highest BCUT2D eigenvalue weighted by molar-refractivity contribution is 6.12. The highest BCUT2D eigenvalue weighted by atomic mass is 19.1. The monoisotopic (exact) mass is 432 g/mol. The SMILES string of the molecule is COc1ccccc1CNC(=O)CN1C(=O)C(=Cc2ccc(F)cc2)Oc2ccccc21. The molecule has 0 saturated carbocycles. The largest absolute Gasteiger partial charge is 0.496 e. The molecule has 32 heavy (non-hydrogen) atoms. The van der Waals surface area contributed by atoms with Crippen molar-refractivity contribution >= 4 is 23.6 Å². The molecular weight excluding hydrogens is 411 g/mol. The van der Waals surface area contributed by atoms with Crippen molar-refractivity contribution in [3.05, 3.63) is 95.5 Å². The molecule has 1 N–H and O–H groups in total. The highest BCUT2D eigenvalue weighted by Gasteiger charge is 2.31. The van der Waals surface area contributed by atoms with Gasteiger partial charge in [-0.25, -0.2) is 4.39 Å². The molecule has 0 aromatic heterocycles. The first-order chi connectivity index (χ1) is 15.5. The van der Waals surface area contributed by atoms with E-state index >= 15 is 0 Å². The normalized spacial score (nSPS) is 14.0. The molecule has 162 valence electrons. The zero-order valence-corrected chi connectivity index (χ0v) is 17.4. The van der Waals surface area contributed by atoms with Crippen LogP contribution in [-0.2, 0) is 16.1 Å². The topological polar surface area (TPSA) is 67.9 Å².